The van der Waals surface area contributed by atoms with Gasteiger partial charge in [-0.15, -0.1) is 0 Å². The van der Waals surface area contributed by atoms with Gasteiger partial charge in [0.05, 0.1) is 0 Å². The number of carboxylic acids is 1. The average Bonchev–Trinajstić information content (AvgIpc) is 2.79. The van der Waals surface area contributed by atoms with E-state index in [1.54, 1.807) is 0 Å². The largest absolute Gasteiger partial charge is 0.490 e. The number of alkyl halides is 3. The molecular formula is C10H14F3N3O4. The molecule has 0 fully saturated rings. The first-order valence-corrected chi connectivity index (χ1v) is 5.32. The number of hydrogen-bond donors (Lipinski definition) is 2. The van der Waals surface area contributed by atoms with E-state index in [1.807, 2.05) is 13.8 Å². The van der Waals surface area contributed by atoms with Gasteiger partial charge in [-0.1, -0.05) is 19.0 Å². The minimum absolute atomic E-state index is 0.239. The third-order valence-electron chi connectivity index (χ3n) is 1.72. The summed E-state index contributed by atoms with van der Waals surface area (Å²) in [4.78, 5) is 20.3. The Morgan fingerprint density at radius 3 is 2.30 bits per heavy atom. The second kappa shape index (κ2) is 7.48. The van der Waals surface area contributed by atoms with Crippen molar-refractivity contribution < 1.29 is 32.4 Å². The molecule has 0 aromatic carbocycles. The van der Waals surface area contributed by atoms with E-state index < -0.39 is 12.1 Å². The van der Waals surface area contributed by atoms with Gasteiger partial charge in [0.15, 0.2) is 5.69 Å². The second-order valence-corrected chi connectivity index (χ2v) is 4.04. The molecule has 0 saturated heterocycles. The van der Waals surface area contributed by atoms with Crippen molar-refractivity contribution in [2.24, 2.45) is 11.8 Å². The van der Waals surface area contributed by atoms with E-state index in [-0.39, 0.29) is 11.6 Å². The minimum atomic E-state index is -5.08. The molecule has 0 bridgehead atoms. The van der Waals surface area contributed by atoms with E-state index in [1.165, 1.54) is 12.3 Å². The standard InChI is InChI=1S/C8H13N3O2.C2HF3O2/c1-6(2)5-11(9)8(12)7-3-4-13-10-7;3-2(4,5)1(6)7/h3-4,6H,5,9H2,1-2H3;(H,6,7). The summed E-state index contributed by atoms with van der Waals surface area (Å²) in [5.74, 6) is 2.77. The molecule has 0 aliphatic rings. The summed E-state index contributed by atoms with van der Waals surface area (Å²) in [7, 11) is 0. The Balaban J connectivity index is 0.000000441. The lowest BCUT2D eigenvalue weighted by molar-refractivity contribution is -0.192. The smallest absolute Gasteiger partial charge is 0.475 e. The third kappa shape index (κ3) is 6.73. The molecule has 0 spiro atoms. The maximum atomic E-state index is 11.4. The fourth-order valence-corrected chi connectivity index (χ4v) is 0.946. The number of carboxylic acid groups (broad SMARTS) is 1. The maximum absolute atomic E-state index is 11.4. The van der Waals surface area contributed by atoms with E-state index in [2.05, 4.69) is 9.68 Å². The normalized spacial score (nSPS) is 10.8. The molecule has 1 aromatic heterocycles. The van der Waals surface area contributed by atoms with Crippen LogP contribution in [0.2, 0.25) is 0 Å². The van der Waals surface area contributed by atoms with Gasteiger partial charge >= 0.3 is 12.1 Å². The first-order valence-electron chi connectivity index (χ1n) is 5.32. The predicted octanol–water partition coefficient (Wildman–Crippen LogP) is 1.28. The molecule has 0 atom stereocenters. The molecule has 0 aliphatic heterocycles. The van der Waals surface area contributed by atoms with Gasteiger partial charge < -0.3 is 9.63 Å². The quantitative estimate of drug-likeness (QED) is 0.494. The van der Waals surface area contributed by atoms with Crippen molar-refractivity contribution in [3.8, 4) is 0 Å². The molecule has 1 heterocycles. The van der Waals surface area contributed by atoms with Crippen LogP contribution in [0.5, 0.6) is 0 Å². The van der Waals surface area contributed by atoms with Gasteiger partial charge in [-0.05, 0) is 5.92 Å². The van der Waals surface area contributed by atoms with Gasteiger partial charge in [-0.2, -0.15) is 13.2 Å². The molecule has 0 unspecified atom stereocenters. The summed E-state index contributed by atoms with van der Waals surface area (Å²) in [6.07, 6.45) is -3.74. The molecule has 7 nitrogen and oxygen atoms in total. The Morgan fingerprint density at radius 2 is 2.00 bits per heavy atom. The molecule has 1 amide bonds. The zero-order valence-corrected chi connectivity index (χ0v) is 10.7. The van der Waals surface area contributed by atoms with Gasteiger partial charge in [0, 0.05) is 12.6 Å². The summed E-state index contributed by atoms with van der Waals surface area (Å²) < 4.78 is 36.3. The number of nitrogens with two attached hydrogens (primary N) is 1. The number of carbonyl (C=O) groups is 2. The van der Waals surface area contributed by atoms with Crippen LogP contribution in [0.25, 0.3) is 0 Å². The SMILES string of the molecule is CC(C)CN(N)C(=O)c1ccon1.O=C(O)C(F)(F)F. The molecule has 0 radical (unpaired) electrons. The number of carbonyl (C=O) groups excluding carboxylic acids is 1. The Bertz CT molecular complexity index is 431. The van der Waals surface area contributed by atoms with Crippen LogP contribution in [-0.2, 0) is 4.79 Å². The van der Waals surface area contributed by atoms with E-state index in [9.17, 15) is 18.0 Å². The van der Waals surface area contributed by atoms with Gasteiger partial charge in [0.25, 0.3) is 5.91 Å². The minimum Gasteiger partial charge on any atom is -0.475 e. The number of rotatable bonds is 3. The van der Waals surface area contributed by atoms with Crippen LogP contribution < -0.4 is 5.84 Å². The summed E-state index contributed by atoms with van der Waals surface area (Å²) >= 11 is 0. The molecule has 1 rings (SSSR count). The molecule has 0 aliphatic carbocycles. The summed E-state index contributed by atoms with van der Waals surface area (Å²) in [5, 5.41) is 11.8. The van der Waals surface area contributed by atoms with E-state index >= 15 is 0 Å². The first kappa shape index (κ1) is 17.9. The van der Waals surface area contributed by atoms with Gasteiger partial charge in [0.1, 0.15) is 6.26 Å². The second-order valence-electron chi connectivity index (χ2n) is 4.04. The Hall–Kier alpha value is -2.10. The van der Waals surface area contributed by atoms with Crippen LogP contribution in [-0.4, -0.2) is 39.9 Å². The van der Waals surface area contributed by atoms with Gasteiger partial charge in [-0.25, -0.2) is 10.6 Å². The molecular weight excluding hydrogens is 283 g/mol. The highest BCUT2D eigenvalue weighted by Gasteiger charge is 2.38. The van der Waals surface area contributed by atoms with Crippen LogP contribution in [0.3, 0.4) is 0 Å². The van der Waals surface area contributed by atoms with Crippen LogP contribution >= 0.6 is 0 Å². The lowest BCUT2D eigenvalue weighted by Gasteiger charge is -2.16. The number of aromatic nitrogens is 1. The fraction of sp³-hybridized carbons (Fsp3) is 0.500. The van der Waals surface area contributed by atoms with E-state index in [0.717, 1.165) is 5.01 Å². The first-order chi connectivity index (χ1) is 9.05. The predicted molar refractivity (Wildman–Crippen MR) is 60.3 cm³/mol. The number of hydrogen-bond acceptors (Lipinski definition) is 5. The molecule has 1 aromatic rings. The number of amides is 1. The highest BCUT2D eigenvalue weighted by molar-refractivity contribution is 5.91. The Kier molecular flexibility index (Phi) is 6.69. The topological polar surface area (TPSA) is 110 Å². The maximum Gasteiger partial charge on any atom is 0.490 e. The van der Waals surface area contributed by atoms with Gasteiger partial charge in [0.2, 0.25) is 0 Å². The van der Waals surface area contributed by atoms with Crippen LogP contribution in [0.1, 0.15) is 24.3 Å². The van der Waals surface area contributed by atoms with Crippen LogP contribution in [0, 0.1) is 5.92 Å². The van der Waals surface area contributed by atoms with Crippen LogP contribution in [0.4, 0.5) is 13.2 Å². The highest BCUT2D eigenvalue weighted by atomic mass is 19.4. The highest BCUT2D eigenvalue weighted by Crippen LogP contribution is 2.13. The Morgan fingerprint density at radius 1 is 1.50 bits per heavy atom. The zero-order chi connectivity index (χ0) is 15.9. The van der Waals surface area contributed by atoms with Crippen molar-refractivity contribution in [1.82, 2.24) is 10.2 Å². The van der Waals surface area contributed by atoms with Crippen molar-refractivity contribution in [2.75, 3.05) is 6.54 Å². The lowest BCUT2D eigenvalue weighted by Crippen LogP contribution is -2.40. The van der Waals surface area contributed by atoms with E-state index in [0.29, 0.717) is 12.5 Å². The molecule has 20 heavy (non-hydrogen) atoms. The van der Waals surface area contributed by atoms with Gasteiger partial charge in [-0.3, -0.25) is 9.80 Å². The van der Waals surface area contributed by atoms with Crippen molar-refractivity contribution >= 4 is 11.9 Å². The van der Waals surface area contributed by atoms with Crippen molar-refractivity contribution in [2.45, 2.75) is 20.0 Å². The molecule has 10 heteroatoms. The third-order valence-corrected chi connectivity index (χ3v) is 1.72. The monoisotopic (exact) mass is 297 g/mol. The average molecular weight is 297 g/mol. The van der Waals surface area contributed by atoms with Crippen molar-refractivity contribution in [1.29, 1.82) is 0 Å². The molecule has 114 valence electrons. The number of aliphatic carboxylic acids is 1. The number of hydrazine groups is 1. The van der Waals surface area contributed by atoms with Crippen molar-refractivity contribution in [3.05, 3.63) is 18.0 Å². The molecule has 3 N–H and O–H groups in total. The zero-order valence-electron chi connectivity index (χ0n) is 10.7. The Labute approximate surface area is 112 Å². The van der Waals surface area contributed by atoms with Crippen molar-refractivity contribution in [3.63, 3.8) is 0 Å². The summed E-state index contributed by atoms with van der Waals surface area (Å²) in [5.41, 5.74) is 0.239. The number of halogens is 3. The summed E-state index contributed by atoms with van der Waals surface area (Å²) in [6.45, 7) is 4.47. The summed E-state index contributed by atoms with van der Waals surface area (Å²) in [6, 6.07) is 1.49. The van der Waals surface area contributed by atoms with E-state index in [4.69, 9.17) is 15.7 Å². The number of nitrogens with zero attached hydrogens (tertiary/aromatic N) is 2. The van der Waals surface area contributed by atoms with Crippen LogP contribution in [0.15, 0.2) is 16.9 Å². The lowest BCUT2D eigenvalue weighted by atomic mass is 10.2. The molecule has 0 saturated carbocycles. The fourth-order valence-electron chi connectivity index (χ4n) is 0.946.